The van der Waals surface area contributed by atoms with Crippen LogP contribution in [0.15, 0.2) is 46.9 Å². The quantitative estimate of drug-likeness (QED) is 0.724. The number of rotatable bonds is 4. The van der Waals surface area contributed by atoms with Gasteiger partial charge in [-0.2, -0.15) is 5.26 Å². The molecule has 114 valence electrons. The zero-order valence-electron chi connectivity index (χ0n) is 11.7. The van der Waals surface area contributed by atoms with Gasteiger partial charge in [0.25, 0.3) is 5.89 Å². The van der Waals surface area contributed by atoms with Crippen molar-refractivity contribution in [2.45, 2.75) is 6.61 Å². The fourth-order valence-corrected chi connectivity index (χ4v) is 1.97. The van der Waals surface area contributed by atoms with Crippen molar-refractivity contribution in [1.29, 1.82) is 5.26 Å². The number of halogens is 2. The van der Waals surface area contributed by atoms with Crippen molar-refractivity contribution in [2.24, 2.45) is 0 Å². The van der Waals surface area contributed by atoms with E-state index in [0.29, 0.717) is 10.9 Å². The molecule has 0 radical (unpaired) electrons. The number of hydrogen-bond donors (Lipinski definition) is 0. The second-order valence-electron chi connectivity index (χ2n) is 4.55. The number of nitriles is 1. The predicted octanol–water partition coefficient (Wildman–Crippen LogP) is 3.98. The van der Waals surface area contributed by atoms with Gasteiger partial charge in [-0.3, -0.25) is 0 Å². The maximum absolute atomic E-state index is 13.5. The molecule has 0 fully saturated rings. The third-order valence-corrected chi connectivity index (χ3v) is 3.23. The molecule has 3 aromatic rings. The first-order chi connectivity index (χ1) is 11.2. The molecule has 0 spiro atoms. The van der Waals surface area contributed by atoms with Gasteiger partial charge < -0.3 is 9.15 Å². The van der Waals surface area contributed by atoms with Crippen LogP contribution in [-0.4, -0.2) is 10.2 Å². The van der Waals surface area contributed by atoms with Crippen LogP contribution in [0.3, 0.4) is 0 Å². The van der Waals surface area contributed by atoms with Gasteiger partial charge in [0.05, 0.1) is 5.56 Å². The fraction of sp³-hybridized carbons (Fsp3) is 0.0625. The van der Waals surface area contributed by atoms with Crippen molar-refractivity contribution in [3.05, 3.63) is 64.8 Å². The van der Waals surface area contributed by atoms with E-state index in [1.165, 1.54) is 12.1 Å². The Labute approximate surface area is 135 Å². The van der Waals surface area contributed by atoms with Crippen LogP contribution in [0.4, 0.5) is 4.39 Å². The van der Waals surface area contributed by atoms with Crippen LogP contribution in [0, 0.1) is 17.1 Å². The van der Waals surface area contributed by atoms with E-state index in [1.54, 1.807) is 30.3 Å². The Morgan fingerprint density at radius 3 is 2.65 bits per heavy atom. The molecule has 0 aliphatic heterocycles. The monoisotopic (exact) mass is 329 g/mol. The van der Waals surface area contributed by atoms with Crippen molar-refractivity contribution in [3.63, 3.8) is 0 Å². The highest BCUT2D eigenvalue weighted by molar-refractivity contribution is 6.30. The molecular weight excluding hydrogens is 321 g/mol. The van der Waals surface area contributed by atoms with Gasteiger partial charge in [-0.15, -0.1) is 10.2 Å². The molecule has 0 N–H and O–H groups in total. The summed E-state index contributed by atoms with van der Waals surface area (Å²) in [6, 6.07) is 12.7. The summed E-state index contributed by atoms with van der Waals surface area (Å²) in [4.78, 5) is 0. The number of ether oxygens (including phenoxy) is 1. The minimum atomic E-state index is -0.641. The minimum Gasteiger partial charge on any atom is -0.484 e. The fourth-order valence-electron chi connectivity index (χ4n) is 1.84. The maximum Gasteiger partial charge on any atom is 0.254 e. The van der Waals surface area contributed by atoms with Gasteiger partial charge in [0.2, 0.25) is 5.89 Å². The summed E-state index contributed by atoms with van der Waals surface area (Å²) in [5.74, 6) is 0.219. The lowest BCUT2D eigenvalue weighted by Gasteiger charge is -2.03. The molecular formula is C16H9ClFN3O2. The third-order valence-electron chi connectivity index (χ3n) is 2.98. The van der Waals surface area contributed by atoms with Crippen LogP contribution >= 0.6 is 11.6 Å². The Morgan fingerprint density at radius 1 is 1.17 bits per heavy atom. The lowest BCUT2D eigenvalue weighted by atomic mass is 10.2. The zero-order chi connectivity index (χ0) is 16.2. The van der Waals surface area contributed by atoms with Gasteiger partial charge in [-0.25, -0.2) is 4.39 Å². The van der Waals surface area contributed by atoms with Gasteiger partial charge in [0, 0.05) is 16.7 Å². The standard InChI is InChI=1S/C16H9ClFN3O2/c17-12-4-1-10(2-5-12)16-21-20-15(23-16)9-22-13-6-3-11(8-19)14(18)7-13/h1-7H,9H2. The molecule has 1 heterocycles. The van der Waals surface area contributed by atoms with Crippen LogP contribution < -0.4 is 4.74 Å². The van der Waals surface area contributed by atoms with E-state index in [0.717, 1.165) is 11.6 Å². The maximum atomic E-state index is 13.5. The molecule has 7 heteroatoms. The largest absolute Gasteiger partial charge is 0.484 e. The summed E-state index contributed by atoms with van der Waals surface area (Å²) >= 11 is 5.82. The van der Waals surface area contributed by atoms with Gasteiger partial charge in [-0.1, -0.05) is 11.6 Å². The molecule has 0 unspecified atom stereocenters. The SMILES string of the molecule is N#Cc1ccc(OCc2nnc(-c3ccc(Cl)cc3)o2)cc1F. The molecule has 0 saturated carbocycles. The highest BCUT2D eigenvalue weighted by atomic mass is 35.5. The topological polar surface area (TPSA) is 71.9 Å². The van der Waals surface area contributed by atoms with Crippen molar-refractivity contribution in [2.75, 3.05) is 0 Å². The van der Waals surface area contributed by atoms with Crippen LogP contribution in [-0.2, 0) is 6.61 Å². The highest BCUT2D eigenvalue weighted by Crippen LogP contribution is 2.21. The first-order valence-electron chi connectivity index (χ1n) is 6.56. The molecule has 0 bridgehead atoms. The Morgan fingerprint density at radius 2 is 1.96 bits per heavy atom. The third kappa shape index (κ3) is 3.47. The number of aromatic nitrogens is 2. The lowest BCUT2D eigenvalue weighted by molar-refractivity contribution is 0.263. The van der Waals surface area contributed by atoms with Crippen LogP contribution in [0.2, 0.25) is 5.02 Å². The molecule has 0 aliphatic rings. The summed E-state index contributed by atoms with van der Waals surface area (Å²) in [7, 11) is 0. The Bertz CT molecular complexity index is 872. The molecule has 0 atom stereocenters. The van der Waals surface area contributed by atoms with E-state index >= 15 is 0 Å². The highest BCUT2D eigenvalue weighted by Gasteiger charge is 2.10. The predicted molar refractivity (Wildman–Crippen MR) is 80.2 cm³/mol. The summed E-state index contributed by atoms with van der Waals surface area (Å²) in [5, 5.41) is 17.1. The van der Waals surface area contributed by atoms with Crippen LogP contribution in [0.5, 0.6) is 5.75 Å². The summed E-state index contributed by atoms with van der Waals surface area (Å²) in [6.45, 7) is -0.00801. The lowest BCUT2D eigenvalue weighted by Crippen LogP contribution is -1.96. The Hall–Kier alpha value is -2.91. The summed E-state index contributed by atoms with van der Waals surface area (Å²) < 4.78 is 24.3. The van der Waals surface area contributed by atoms with E-state index in [1.807, 2.05) is 0 Å². The van der Waals surface area contributed by atoms with Crippen LogP contribution in [0.1, 0.15) is 11.5 Å². The number of hydrogen-bond acceptors (Lipinski definition) is 5. The molecule has 0 aliphatic carbocycles. The average molecular weight is 330 g/mol. The van der Waals surface area contributed by atoms with Crippen molar-refractivity contribution >= 4 is 11.6 Å². The van der Waals surface area contributed by atoms with E-state index in [-0.39, 0.29) is 23.8 Å². The van der Waals surface area contributed by atoms with E-state index < -0.39 is 5.82 Å². The smallest absolute Gasteiger partial charge is 0.254 e. The van der Waals surface area contributed by atoms with E-state index in [4.69, 9.17) is 26.0 Å². The normalized spacial score (nSPS) is 10.3. The second-order valence-corrected chi connectivity index (χ2v) is 4.99. The molecule has 5 nitrogen and oxygen atoms in total. The van der Waals surface area contributed by atoms with Crippen LogP contribution in [0.25, 0.3) is 11.5 Å². The van der Waals surface area contributed by atoms with E-state index in [2.05, 4.69) is 10.2 Å². The second kappa shape index (κ2) is 6.46. The van der Waals surface area contributed by atoms with Gasteiger partial charge >= 0.3 is 0 Å². The number of nitrogens with zero attached hydrogens (tertiary/aromatic N) is 3. The summed E-state index contributed by atoms with van der Waals surface area (Å²) in [5.41, 5.74) is 0.692. The van der Waals surface area contributed by atoms with Crippen molar-refractivity contribution in [3.8, 4) is 23.3 Å². The molecule has 23 heavy (non-hydrogen) atoms. The van der Waals surface area contributed by atoms with Gasteiger partial charge in [0.15, 0.2) is 6.61 Å². The Kier molecular flexibility index (Phi) is 4.22. The first-order valence-corrected chi connectivity index (χ1v) is 6.94. The summed E-state index contributed by atoms with van der Waals surface area (Å²) in [6.07, 6.45) is 0. The van der Waals surface area contributed by atoms with E-state index in [9.17, 15) is 4.39 Å². The average Bonchev–Trinajstić information content (AvgIpc) is 3.03. The van der Waals surface area contributed by atoms with Gasteiger partial charge in [-0.05, 0) is 36.4 Å². The molecule has 1 aromatic heterocycles. The first kappa shape index (κ1) is 15.0. The molecule has 2 aromatic carbocycles. The minimum absolute atomic E-state index is 0.00801. The Balaban J connectivity index is 1.69. The molecule has 3 rings (SSSR count). The van der Waals surface area contributed by atoms with Gasteiger partial charge in [0.1, 0.15) is 17.6 Å². The molecule has 0 amide bonds. The zero-order valence-corrected chi connectivity index (χ0v) is 12.4. The molecule has 0 saturated heterocycles. The number of benzene rings is 2. The van der Waals surface area contributed by atoms with Crippen molar-refractivity contribution in [1.82, 2.24) is 10.2 Å². The van der Waals surface area contributed by atoms with Crippen molar-refractivity contribution < 1.29 is 13.5 Å².